The summed E-state index contributed by atoms with van der Waals surface area (Å²) in [6.07, 6.45) is 6.39. The minimum absolute atomic E-state index is 0.0267. The highest BCUT2D eigenvalue weighted by molar-refractivity contribution is 6.11. The molecule has 0 unspecified atom stereocenters. The second-order valence-electron chi connectivity index (χ2n) is 6.93. The van der Waals surface area contributed by atoms with E-state index in [2.05, 4.69) is 16.2 Å². The molecule has 0 saturated heterocycles. The SMILES string of the molecule is C#CCN1C(=O)[C@]2(NCCc3c2[nH]c2ccc(OC)cc32)c2ccccc21. The molecule has 1 atom stereocenters. The monoisotopic (exact) mass is 357 g/mol. The lowest BCUT2D eigenvalue weighted by atomic mass is 9.82. The second-order valence-corrected chi connectivity index (χ2v) is 6.93. The molecule has 2 aliphatic rings. The first-order valence-corrected chi connectivity index (χ1v) is 8.99. The molecular formula is C22H19N3O2. The van der Waals surface area contributed by atoms with Gasteiger partial charge < -0.3 is 9.72 Å². The van der Waals surface area contributed by atoms with Gasteiger partial charge in [0.05, 0.1) is 25.0 Å². The molecule has 134 valence electrons. The Morgan fingerprint density at radius 1 is 1.30 bits per heavy atom. The highest BCUT2D eigenvalue weighted by Crippen LogP contribution is 2.47. The minimum atomic E-state index is -0.923. The van der Waals surface area contributed by atoms with Crippen molar-refractivity contribution < 1.29 is 9.53 Å². The molecule has 2 N–H and O–H groups in total. The number of methoxy groups -OCH3 is 1. The number of aromatic nitrogens is 1. The third-order valence-corrected chi connectivity index (χ3v) is 5.67. The standard InChI is InChI=1S/C22H19N3O2/c1-3-12-25-19-7-5-4-6-17(19)22(21(25)26)20-15(10-11-23-22)16-13-14(27-2)8-9-18(16)24-20/h1,4-9,13,23-24H,10-12H2,2H3/t22-/m0/s1. The van der Waals surface area contributed by atoms with Gasteiger partial charge in [0.25, 0.3) is 5.91 Å². The maximum atomic E-state index is 13.6. The molecule has 3 heterocycles. The van der Waals surface area contributed by atoms with Gasteiger partial charge in [-0.3, -0.25) is 15.0 Å². The Hall–Kier alpha value is -3.23. The molecule has 0 aliphatic carbocycles. The van der Waals surface area contributed by atoms with Gasteiger partial charge in [0.1, 0.15) is 5.75 Å². The van der Waals surface area contributed by atoms with Gasteiger partial charge in [0, 0.05) is 23.0 Å². The van der Waals surface area contributed by atoms with Gasteiger partial charge in [-0.1, -0.05) is 24.1 Å². The van der Waals surface area contributed by atoms with Crippen LogP contribution in [0.2, 0.25) is 0 Å². The second kappa shape index (κ2) is 5.63. The summed E-state index contributed by atoms with van der Waals surface area (Å²) >= 11 is 0. The summed E-state index contributed by atoms with van der Waals surface area (Å²) in [6, 6.07) is 13.8. The smallest absolute Gasteiger partial charge is 0.259 e. The molecule has 1 amide bonds. The lowest BCUT2D eigenvalue weighted by Gasteiger charge is -2.34. The van der Waals surface area contributed by atoms with Crippen LogP contribution in [0.15, 0.2) is 42.5 Å². The molecule has 5 rings (SSSR count). The average molecular weight is 357 g/mol. The van der Waals surface area contributed by atoms with Crippen LogP contribution < -0.4 is 15.0 Å². The average Bonchev–Trinajstić information content (AvgIpc) is 3.19. The molecule has 0 saturated carbocycles. The van der Waals surface area contributed by atoms with E-state index in [1.54, 1.807) is 12.0 Å². The molecule has 1 spiro atoms. The first-order valence-electron chi connectivity index (χ1n) is 8.99. The molecule has 0 bridgehead atoms. The van der Waals surface area contributed by atoms with Crippen LogP contribution in [-0.2, 0) is 16.8 Å². The van der Waals surface area contributed by atoms with Crippen molar-refractivity contribution >= 4 is 22.5 Å². The maximum absolute atomic E-state index is 13.6. The molecule has 1 aromatic heterocycles. The molecule has 2 aliphatic heterocycles. The number of hydrogen-bond donors (Lipinski definition) is 2. The van der Waals surface area contributed by atoms with E-state index in [0.717, 1.165) is 45.6 Å². The first kappa shape index (κ1) is 16.0. The molecule has 2 aromatic carbocycles. The molecule has 27 heavy (non-hydrogen) atoms. The lowest BCUT2D eigenvalue weighted by molar-refractivity contribution is -0.123. The van der Waals surface area contributed by atoms with Crippen LogP contribution in [0.5, 0.6) is 5.75 Å². The van der Waals surface area contributed by atoms with E-state index in [4.69, 9.17) is 11.2 Å². The van der Waals surface area contributed by atoms with Crippen molar-refractivity contribution in [3.8, 4) is 18.1 Å². The number of aromatic amines is 1. The van der Waals surface area contributed by atoms with Crippen LogP contribution >= 0.6 is 0 Å². The number of nitrogens with zero attached hydrogens (tertiary/aromatic N) is 1. The van der Waals surface area contributed by atoms with Crippen molar-refractivity contribution in [2.24, 2.45) is 0 Å². The van der Waals surface area contributed by atoms with Crippen LogP contribution in [0.3, 0.4) is 0 Å². The highest BCUT2D eigenvalue weighted by Gasteiger charge is 2.55. The predicted octanol–water partition coefficient (Wildman–Crippen LogP) is 2.55. The maximum Gasteiger partial charge on any atom is 0.259 e. The first-order chi connectivity index (χ1) is 13.2. The van der Waals surface area contributed by atoms with Gasteiger partial charge in [-0.25, -0.2) is 0 Å². The summed E-state index contributed by atoms with van der Waals surface area (Å²) in [5.74, 6) is 3.40. The number of ether oxygens (including phenoxy) is 1. The fourth-order valence-electron chi connectivity index (χ4n) is 4.51. The quantitative estimate of drug-likeness (QED) is 0.693. The molecule has 0 radical (unpaired) electrons. The Morgan fingerprint density at radius 3 is 2.96 bits per heavy atom. The molecule has 3 aromatic rings. The van der Waals surface area contributed by atoms with E-state index in [9.17, 15) is 4.79 Å². The number of H-pyrrole nitrogens is 1. The zero-order valence-electron chi connectivity index (χ0n) is 15.0. The van der Waals surface area contributed by atoms with Gasteiger partial charge in [-0.15, -0.1) is 6.42 Å². The van der Waals surface area contributed by atoms with Crippen molar-refractivity contribution in [2.75, 3.05) is 25.1 Å². The van der Waals surface area contributed by atoms with E-state index >= 15 is 0 Å². The van der Waals surface area contributed by atoms with Crippen molar-refractivity contribution in [1.29, 1.82) is 0 Å². The topological polar surface area (TPSA) is 57.4 Å². The summed E-state index contributed by atoms with van der Waals surface area (Å²) in [7, 11) is 1.66. The Bertz CT molecular complexity index is 1120. The van der Waals surface area contributed by atoms with Crippen LogP contribution in [0, 0.1) is 12.3 Å². The number of carbonyl (C=O) groups excluding carboxylic acids is 1. The Balaban J connectivity index is 1.80. The van der Waals surface area contributed by atoms with E-state index in [0.29, 0.717) is 6.54 Å². The number of benzene rings is 2. The number of terminal acetylenes is 1. The van der Waals surface area contributed by atoms with Gasteiger partial charge in [0.2, 0.25) is 0 Å². The summed E-state index contributed by atoms with van der Waals surface area (Å²) in [6.45, 7) is 0.962. The number of carbonyl (C=O) groups is 1. The van der Waals surface area contributed by atoms with Crippen LogP contribution in [-0.4, -0.2) is 31.1 Å². The predicted molar refractivity (Wildman–Crippen MR) is 105 cm³/mol. The van der Waals surface area contributed by atoms with Crippen molar-refractivity contribution in [3.63, 3.8) is 0 Å². The normalized spacial score (nSPS) is 20.6. The molecule has 0 fully saturated rings. The number of anilines is 1. The Labute approximate surface area is 157 Å². The number of amides is 1. The zero-order valence-corrected chi connectivity index (χ0v) is 15.0. The molecule has 5 nitrogen and oxygen atoms in total. The molecule has 5 heteroatoms. The fourth-order valence-corrected chi connectivity index (χ4v) is 4.51. The fraction of sp³-hybridized carbons (Fsp3) is 0.227. The summed E-state index contributed by atoms with van der Waals surface area (Å²) in [5.41, 5.74) is 3.97. The lowest BCUT2D eigenvalue weighted by Crippen LogP contribution is -2.55. The van der Waals surface area contributed by atoms with Crippen LogP contribution in [0.4, 0.5) is 5.69 Å². The van der Waals surface area contributed by atoms with Crippen LogP contribution in [0.1, 0.15) is 16.8 Å². The summed E-state index contributed by atoms with van der Waals surface area (Å²) in [4.78, 5) is 18.8. The van der Waals surface area contributed by atoms with Crippen molar-refractivity contribution in [3.05, 3.63) is 59.3 Å². The number of fused-ring (bicyclic) bond motifs is 6. The number of para-hydroxylation sites is 1. The largest absolute Gasteiger partial charge is 0.497 e. The van der Waals surface area contributed by atoms with E-state index in [1.807, 2.05) is 42.5 Å². The van der Waals surface area contributed by atoms with E-state index < -0.39 is 5.54 Å². The van der Waals surface area contributed by atoms with Crippen LogP contribution in [0.25, 0.3) is 10.9 Å². The summed E-state index contributed by atoms with van der Waals surface area (Å²) in [5, 5.41) is 4.61. The highest BCUT2D eigenvalue weighted by atomic mass is 16.5. The Morgan fingerprint density at radius 2 is 2.15 bits per heavy atom. The Kier molecular flexibility index (Phi) is 3.33. The van der Waals surface area contributed by atoms with Gasteiger partial charge in [0.15, 0.2) is 5.54 Å². The number of hydrogen-bond acceptors (Lipinski definition) is 3. The van der Waals surface area contributed by atoms with E-state index in [1.165, 1.54) is 0 Å². The number of rotatable bonds is 2. The van der Waals surface area contributed by atoms with Crippen molar-refractivity contribution in [2.45, 2.75) is 12.0 Å². The molecular weight excluding hydrogens is 338 g/mol. The van der Waals surface area contributed by atoms with Crippen molar-refractivity contribution in [1.82, 2.24) is 10.3 Å². The zero-order chi connectivity index (χ0) is 18.6. The number of nitrogens with one attached hydrogen (secondary N) is 2. The summed E-state index contributed by atoms with van der Waals surface area (Å²) < 4.78 is 5.40. The van der Waals surface area contributed by atoms with Gasteiger partial charge >= 0.3 is 0 Å². The van der Waals surface area contributed by atoms with Gasteiger partial charge in [-0.05, 0) is 36.2 Å². The minimum Gasteiger partial charge on any atom is -0.497 e. The third kappa shape index (κ3) is 1.96. The van der Waals surface area contributed by atoms with Gasteiger partial charge in [-0.2, -0.15) is 0 Å². The van der Waals surface area contributed by atoms with E-state index in [-0.39, 0.29) is 12.5 Å². The third-order valence-electron chi connectivity index (χ3n) is 5.67.